The Morgan fingerprint density at radius 2 is 1.58 bits per heavy atom. The molecular weight excluding hydrogens is 458 g/mol. The third-order valence-corrected chi connectivity index (χ3v) is 9.54. The fourth-order valence-electron chi connectivity index (χ4n) is 3.29. The number of benzene rings is 2. The van der Waals surface area contributed by atoms with Crippen molar-refractivity contribution in [2.75, 3.05) is 23.4 Å². The van der Waals surface area contributed by atoms with Gasteiger partial charge in [-0.15, -0.1) is 0 Å². The zero-order valence-corrected chi connectivity index (χ0v) is 19.0. The largest absolute Gasteiger partial charge is 0.325 e. The molecule has 0 radical (unpaired) electrons. The fraction of sp³-hybridized carbons (Fsp3) is 0.300. The monoisotopic (exact) mass is 481 g/mol. The van der Waals surface area contributed by atoms with Gasteiger partial charge in [0, 0.05) is 15.5 Å². The van der Waals surface area contributed by atoms with Crippen LogP contribution in [-0.4, -0.2) is 48.2 Å². The van der Waals surface area contributed by atoms with Crippen molar-refractivity contribution in [2.45, 2.75) is 32.3 Å². The first-order valence-corrected chi connectivity index (χ1v) is 12.9. The molecule has 1 saturated heterocycles. The molecule has 1 fully saturated rings. The second kappa shape index (κ2) is 10.0. The molecule has 1 heterocycles. The fourth-order valence-corrected chi connectivity index (χ4v) is 7.53. The maximum atomic E-state index is 13.3. The van der Waals surface area contributed by atoms with Gasteiger partial charge in [-0.25, -0.2) is 13.9 Å². The maximum Gasteiger partial charge on any atom is 0.265 e. The standard InChI is InChI=1S/C20H23N3O5S3/c21-13-18(24)22-14-1-3-15(4-2-14)30-16-5-7-17(8-6-16)31(27,28)20(19(25)23-26)9-11-29-12-10-20/h1-8,26H,9-13,21H2,(H,22,24)(H,23,25). The predicted molar refractivity (Wildman–Crippen MR) is 121 cm³/mol. The quantitative estimate of drug-likeness (QED) is 0.349. The Morgan fingerprint density at radius 1 is 1.03 bits per heavy atom. The van der Waals surface area contributed by atoms with E-state index < -0.39 is 20.5 Å². The molecule has 31 heavy (non-hydrogen) atoms. The summed E-state index contributed by atoms with van der Waals surface area (Å²) < 4.78 is 24.9. The number of carbonyl (C=O) groups excluding carboxylic acids is 2. The average Bonchev–Trinajstić information content (AvgIpc) is 2.80. The summed E-state index contributed by atoms with van der Waals surface area (Å²) in [5, 5.41) is 11.8. The van der Waals surface area contributed by atoms with Crippen LogP contribution in [0.25, 0.3) is 0 Å². The van der Waals surface area contributed by atoms with Crippen LogP contribution in [0.15, 0.2) is 63.2 Å². The van der Waals surface area contributed by atoms with Gasteiger partial charge in [-0.1, -0.05) is 11.8 Å². The topological polar surface area (TPSA) is 139 Å². The molecule has 2 aromatic rings. The molecule has 0 bridgehead atoms. The normalized spacial score (nSPS) is 15.8. The SMILES string of the molecule is NCC(=O)Nc1ccc(Sc2ccc(S(=O)(=O)C3(C(=O)NO)CCSCC3)cc2)cc1. The van der Waals surface area contributed by atoms with Crippen LogP contribution < -0.4 is 16.5 Å². The molecule has 0 spiro atoms. The van der Waals surface area contributed by atoms with Crippen LogP contribution in [0.2, 0.25) is 0 Å². The zero-order valence-electron chi connectivity index (χ0n) is 16.5. The Labute approximate surface area is 189 Å². The second-order valence-electron chi connectivity index (χ2n) is 6.90. The van der Waals surface area contributed by atoms with Crippen LogP contribution in [0.1, 0.15) is 12.8 Å². The van der Waals surface area contributed by atoms with Crippen molar-refractivity contribution < 1.29 is 23.2 Å². The van der Waals surface area contributed by atoms with E-state index in [0.29, 0.717) is 17.2 Å². The van der Waals surface area contributed by atoms with Crippen molar-refractivity contribution in [3.8, 4) is 0 Å². The van der Waals surface area contributed by atoms with Crippen molar-refractivity contribution >= 4 is 50.9 Å². The van der Waals surface area contributed by atoms with E-state index in [-0.39, 0.29) is 30.2 Å². The molecule has 0 unspecified atom stereocenters. The van der Waals surface area contributed by atoms with Gasteiger partial charge in [0.2, 0.25) is 5.91 Å². The lowest BCUT2D eigenvalue weighted by molar-refractivity contribution is -0.132. The number of hydrogen-bond donors (Lipinski definition) is 4. The van der Waals surface area contributed by atoms with Gasteiger partial charge in [-0.3, -0.25) is 14.8 Å². The molecule has 1 aliphatic rings. The molecule has 0 atom stereocenters. The second-order valence-corrected chi connectivity index (χ2v) is 11.5. The van der Waals surface area contributed by atoms with Gasteiger partial charge in [0.15, 0.2) is 14.6 Å². The van der Waals surface area contributed by atoms with Crippen molar-refractivity contribution in [1.82, 2.24) is 5.48 Å². The van der Waals surface area contributed by atoms with Gasteiger partial charge in [-0.05, 0) is 72.9 Å². The molecule has 1 aliphatic heterocycles. The molecule has 3 rings (SSSR count). The number of thioether (sulfide) groups is 1. The minimum Gasteiger partial charge on any atom is -0.325 e. The molecule has 5 N–H and O–H groups in total. The van der Waals surface area contributed by atoms with E-state index in [1.165, 1.54) is 23.9 Å². The highest BCUT2D eigenvalue weighted by Crippen LogP contribution is 2.39. The number of hydroxylamine groups is 1. The number of nitrogens with two attached hydrogens (primary N) is 1. The Hall–Kier alpha value is -2.05. The number of sulfone groups is 1. The summed E-state index contributed by atoms with van der Waals surface area (Å²) in [4.78, 5) is 25.5. The van der Waals surface area contributed by atoms with E-state index in [2.05, 4.69) is 5.32 Å². The Kier molecular flexibility index (Phi) is 7.65. The van der Waals surface area contributed by atoms with E-state index >= 15 is 0 Å². The van der Waals surface area contributed by atoms with Gasteiger partial charge in [-0.2, -0.15) is 11.8 Å². The summed E-state index contributed by atoms with van der Waals surface area (Å²) >= 11 is 3.02. The number of rotatable bonds is 7. The summed E-state index contributed by atoms with van der Waals surface area (Å²) in [5.74, 6) is -0.0977. The highest BCUT2D eigenvalue weighted by atomic mass is 32.2. The molecular formula is C20H23N3O5S3. The molecule has 2 amide bonds. The van der Waals surface area contributed by atoms with Crippen molar-refractivity contribution in [3.05, 3.63) is 48.5 Å². The van der Waals surface area contributed by atoms with E-state index in [0.717, 1.165) is 9.79 Å². The van der Waals surface area contributed by atoms with Gasteiger partial charge >= 0.3 is 0 Å². The summed E-state index contributed by atoms with van der Waals surface area (Å²) in [6.45, 7) is -0.0914. The minimum absolute atomic E-state index is 0.0483. The maximum absolute atomic E-state index is 13.3. The van der Waals surface area contributed by atoms with Crippen LogP contribution in [-0.2, 0) is 19.4 Å². The summed E-state index contributed by atoms with van der Waals surface area (Å²) in [6, 6.07) is 13.5. The van der Waals surface area contributed by atoms with Crippen LogP contribution in [0.4, 0.5) is 5.69 Å². The molecule has 0 aliphatic carbocycles. The Morgan fingerprint density at radius 3 is 2.10 bits per heavy atom. The first-order valence-electron chi connectivity index (χ1n) is 9.47. The van der Waals surface area contributed by atoms with E-state index in [4.69, 9.17) is 10.9 Å². The Bertz CT molecular complexity index is 1030. The first kappa shape index (κ1) is 23.6. The summed E-state index contributed by atoms with van der Waals surface area (Å²) in [5.41, 5.74) is 7.47. The first-order chi connectivity index (χ1) is 14.8. The number of carbonyl (C=O) groups is 2. The third-order valence-electron chi connectivity index (χ3n) is 5.02. The summed E-state index contributed by atoms with van der Waals surface area (Å²) in [7, 11) is -3.99. The van der Waals surface area contributed by atoms with Crippen LogP contribution >= 0.6 is 23.5 Å². The van der Waals surface area contributed by atoms with E-state index in [1.54, 1.807) is 41.5 Å². The minimum atomic E-state index is -3.99. The lowest BCUT2D eigenvalue weighted by Crippen LogP contribution is -2.53. The molecule has 2 aromatic carbocycles. The third kappa shape index (κ3) is 5.07. The summed E-state index contributed by atoms with van der Waals surface area (Å²) in [6.07, 6.45) is 0.297. The number of nitrogens with one attached hydrogen (secondary N) is 2. The lowest BCUT2D eigenvalue weighted by atomic mass is 10.0. The van der Waals surface area contributed by atoms with Gasteiger partial charge in [0.05, 0.1) is 11.4 Å². The van der Waals surface area contributed by atoms with Crippen LogP contribution in [0, 0.1) is 0 Å². The van der Waals surface area contributed by atoms with Gasteiger partial charge < -0.3 is 11.1 Å². The number of amides is 2. The highest BCUT2D eigenvalue weighted by molar-refractivity contribution is 8.00. The smallest absolute Gasteiger partial charge is 0.265 e. The number of hydrogen-bond acceptors (Lipinski definition) is 8. The van der Waals surface area contributed by atoms with Crippen molar-refractivity contribution in [3.63, 3.8) is 0 Å². The Balaban J connectivity index is 1.77. The van der Waals surface area contributed by atoms with E-state index in [1.807, 2.05) is 12.1 Å². The van der Waals surface area contributed by atoms with Crippen LogP contribution in [0.5, 0.6) is 0 Å². The average molecular weight is 482 g/mol. The molecule has 166 valence electrons. The molecule has 8 nitrogen and oxygen atoms in total. The number of anilines is 1. The lowest BCUT2D eigenvalue weighted by Gasteiger charge is -2.34. The van der Waals surface area contributed by atoms with Gasteiger partial charge in [0.25, 0.3) is 5.91 Å². The highest BCUT2D eigenvalue weighted by Gasteiger charge is 2.51. The van der Waals surface area contributed by atoms with E-state index in [9.17, 15) is 18.0 Å². The molecule has 0 aromatic heterocycles. The van der Waals surface area contributed by atoms with Gasteiger partial charge in [0.1, 0.15) is 0 Å². The van der Waals surface area contributed by atoms with Crippen molar-refractivity contribution in [1.29, 1.82) is 0 Å². The molecule has 0 saturated carbocycles. The molecule has 11 heteroatoms. The van der Waals surface area contributed by atoms with Crippen LogP contribution in [0.3, 0.4) is 0 Å². The zero-order chi connectivity index (χ0) is 22.5. The predicted octanol–water partition coefficient (Wildman–Crippen LogP) is 2.28. The van der Waals surface area contributed by atoms with Crippen molar-refractivity contribution in [2.24, 2.45) is 5.73 Å².